The molecule has 1 heterocycles. The fourth-order valence-electron chi connectivity index (χ4n) is 2.02. The molecule has 2 aromatic rings. The van der Waals surface area contributed by atoms with Crippen LogP contribution in [0.4, 0.5) is 4.39 Å². The number of hydrogen-bond acceptors (Lipinski definition) is 5. The average molecular weight is 361 g/mol. The predicted octanol–water partition coefficient (Wildman–Crippen LogP) is 3.88. The minimum Gasteiger partial charge on any atom is -0.338 e. The van der Waals surface area contributed by atoms with Crippen molar-refractivity contribution in [2.75, 3.05) is 0 Å². The minimum atomic E-state index is -3.74. The van der Waals surface area contributed by atoms with Crippen molar-refractivity contribution in [1.29, 1.82) is 0 Å². The molecule has 8 heteroatoms. The highest BCUT2D eigenvalue weighted by atomic mass is 35.5. The normalized spacial score (nSPS) is 13.2. The summed E-state index contributed by atoms with van der Waals surface area (Å²) in [6.45, 7) is 3.48. The van der Waals surface area contributed by atoms with Gasteiger partial charge in [0.05, 0.1) is 5.75 Å². The summed E-state index contributed by atoms with van der Waals surface area (Å²) in [4.78, 5) is 4.12. The van der Waals surface area contributed by atoms with Crippen molar-refractivity contribution in [2.45, 2.75) is 44.1 Å². The van der Waals surface area contributed by atoms with Crippen molar-refractivity contribution in [3.05, 3.63) is 46.3 Å². The topological polar surface area (TPSA) is 73.1 Å². The second-order valence-electron chi connectivity index (χ2n) is 5.30. The van der Waals surface area contributed by atoms with Crippen LogP contribution in [0.25, 0.3) is 0 Å². The Balaban J connectivity index is 2.20. The van der Waals surface area contributed by atoms with Crippen LogP contribution in [0.15, 0.2) is 22.7 Å². The number of aryl methyl sites for hydroxylation is 1. The summed E-state index contributed by atoms with van der Waals surface area (Å²) >= 11 is 5.89. The van der Waals surface area contributed by atoms with Gasteiger partial charge in [0.15, 0.2) is 15.7 Å². The zero-order chi connectivity index (χ0) is 17.0. The van der Waals surface area contributed by atoms with Crippen LogP contribution < -0.4 is 0 Å². The molecule has 0 aliphatic heterocycles. The quantitative estimate of drug-likeness (QED) is 0.749. The van der Waals surface area contributed by atoms with Gasteiger partial charge >= 0.3 is 0 Å². The van der Waals surface area contributed by atoms with E-state index in [1.165, 1.54) is 25.1 Å². The second-order valence-corrected chi connectivity index (χ2v) is 8.03. The fraction of sp³-hybridized carbons (Fsp3) is 0.467. The third-order valence-electron chi connectivity index (χ3n) is 3.53. The maximum atomic E-state index is 13.8. The molecule has 0 N–H and O–H groups in total. The van der Waals surface area contributed by atoms with E-state index in [1.54, 1.807) is 0 Å². The first-order valence-electron chi connectivity index (χ1n) is 7.32. The van der Waals surface area contributed by atoms with Crippen molar-refractivity contribution in [3.8, 4) is 0 Å². The zero-order valence-corrected chi connectivity index (χ0v) is 14.5. The number of aromatic nitrogens is 2. The number of rotatable bonds is 7. The lowest BCUT2D eigenvalue weighted by molar-refractivity contribution is 0.370. The molecule has 1 aromatic heterocycles. The number of sulfone groups is 1. The predicted molar refractivity (Wildman–Crippen MR) is 85.4 cm³/mol. The van der Waals surface area contributed by atoms with Gasteiger partial charge in [-0.1, -0.05) is 36.2 Å². The zero-order valence-electron chi connectivity index (χ0n) is 12.9. The van der Waals surface area contributed by atoms with Crippen molar-refractivity contribution in [2.24, 2.45) is 0 Å². The van der Waals surface area contributed by atoms with E-state index in [0.29, 0.717) is 12.2 Å². The molecule has 0 amide bonds. The first-order chi connectivity index (χ1) is 10.8. The first-order valence-corrected chi connectivity index (χ1v) is 9.41. The van der Waals surface area contributed by atoms with E-state index in [-0.39, 0.29) is 16.5 Å². The minimum absolute atomic E-state index is 0.0172. The number of halogens is 2. The van der Waals surface area contributed by atoms with E-state index in [2.05, 4.69) is 10.1 Å². The highest BCUT2D eigenvalue weighted by Gasteiger charge is 2.30. The van der Waals surface area contributed by atoms with Crippen LogP contribution in [0.1, 0.15) is 49.2 Å². The van der Waals surface area contributed by atoms with E-state index >= 15 is 0 Å². The van der Waals surface area contributed by atoms with Crippen LogP contribution in [-0.2, 0) is 22.0 Å². The van der Waals surface area contributed by atoms with Gasteiger partial charge in [0, 0.05) is 17.0 Å². The molecule has 0 saturated carbocycles. The molecule has 0 saturated heterocycles. The van der Waals surface area contributed by atoms with E-state index in [0.717, 1.165) is 12.8 Å². The van der Waals surface area contributed by atoms with E-state index in [4.69, 9.17) is 16.1 Å². The monoisotopic (exact) mass is 360 g/mol. The van der Waals surface area contributed by atoms with Gasteiger partial charge in [-0.15, -0.1) is 0 Å². The lowest BCUT2D eigenvalue weighted by atomic mass is 10.2. The molecule has 0 spiro atoms. The number of hydrogen-bond donors (Lipinski definition) is 0. The van der Waals surface area contributed by atoms with E-state index in [1.807, 2.05) is 6.92 Å². The molecule has 0 bridgehead atoms. The van der Waals surface area contributed by atoms with Crippen LogP contribution in [0.5, 0.6) is 0 Å². The molecule has 0 unspecified atom stereocenters. The Kier molecular flexibility index (Phi) is 5.75. The molecule has 23 heavy (non-hydrogen) atoms. The second kappa shape index (κ2) is 7.40. The average Bonchev–Trinajstić information content (AvgIpc) is 2.97. The van der Waals surface area contributed by atoms with Gasteiger partial charge < -0.3 is 4.52 Å². The number of benzene rings is 1. The Hall–Kier alpha value is -1.47. The highest BCUT2D eigenvalue weighted by Crippen LogP contribution is 2.28. The SMILES string of the molecule is CCCCc1noc([C@H](C)S(=O)(=O)Cc2c(F)cccc2Cl)n1. The molecule has 126 valence electrons. The molecule has 0 radical (unpaired) electrons. The Morgan fingerprint density at radius 2 is 2.13 bits per heavy atom. The summed E-state index contributed by atoms with van der Waals surface area (Å²) < 4.78 is 43.8. The van der Waals surface area contributed by atoms with Gasteiger partial charge in [-0.3, -0.25) is 0 Å². The van der Waals surface area contributed by atoms with Crippen LogP contribution in [0.3, 0.4) is 0 Å². The largest absolute Gasteiger partial charge is 0.338 e. The standard InChI is InChI=1S/C15H18ClFN2O3S/c1-3-4-8-14-18-15(22-19-14)10(2)23(20,21)9-11-12(16)6-5-7-13(11)17/h5-7,10H,3-4,8-9H2,1-2H3/t10-/m0/s1. The Morgan fingerprint density at radius 1 is 1.39 bits per heavy atom. The summed E-state index contributed by atoms with van der Waals surface area (Å²) in [6.07, 6.45) is 2.50. The molecule has 5 nitrogen and oxygen atoms in total. The van der Waals surface area contributed by atoms with Crippen molar-refractivity contribution in [1.82, 2.24) is 10.1 Å². The highest BCUT2D eigenvalue weighted by molar-refractivity contribution is 7.90. The van der Waals surface area contributed by atoms with Crippen LogP contribution >= 0.6 is 11.6 Å². The third-order valence-corrected chi connectivity index (χ3v) is 5.86. The Morgan fingerprint density at radius 3 is 2.78 bits per heavy atom. The van der Waals surface area contributed by atoms with Gasteiger partial charge in [-0.2, -0.15) is 4.98 Å². The molecule has 1 aromatic carbocycles. The molecular formula is C15H18ClFN2O3S. The summed E-state index contributed by atoms with van der Waals surface area (Å²) in [5, 5.41) is 2.83. The molecule has 0 aliphatic rings. The molecule has 0 fully saturated rings. The van der Waals surface area contributed by atoms with Gasteiger partial charge in [-0.25, -0.2) is 12.8 Å². The van der Waals surface area contributed by atoms with Crippen molar-refractivity contribution < 1.29 is 17.3 Å². The molecule has 2 rings (SSSR count). The number of unbranched alkanes of at least 4 members (excludes halogenated alkanes) is 1. The summed E-state index contributed by atoms with van der Waals surface area (Å²) in [5.41, 5.74) is -0.0493. The van der Waals surface area contributed by atoms with E-state index in [9.17, 15) is 12.8 Å². The van der Waals surface area contributed by atoms with Gasteiger partial charge in [0.1, 0.15) is 11.1 Å². The van der Waals surface area contributed by atoms with E-state index < -0.39 is 26.7 Å². The van der Waals surface area contributed by atoms with Gasteiger partial charge in [0.2, 0.25) is 5.89 Å². The van der Waals surface area contributed by atoms with Crippen LogP contribution in [-0.4, -0.2) is 18.6 Å². The summed E-state index contributed by atoms with van der Waals surface area (Å²) in [5.74, 6) is -0.675. The smallest absolute Gasteiger partial charge is 0.244 e. The first kappa shape index (κ1) is 17.9. The fourth-order valence-corrected chi connectivity index (χ4v) is 3.68. The van der Waals surface area contributed by atoms with Crippen LogP contribution in [0, 0.1) is 5.82 Å². The van der Waals surface area contributed by atoms with Gasteiger partial charge in [0.25, 0.3) is 0 Å². The molecular weight excluding hydrogens is 343 g/mol. The summed E-state index contributed by atoms with van der Waals surface area (Å²) in [7, 11) is -3.74. The maximum absolute atomic E-state index is 13.8. The molecule has 1 atom stereocenters. The molecule has 0 aliphatic carbocycles. The summed E-state index contributed by atoms with van der Waals surface area (Å²) in [6, 6.07) is 4.06. The third kappa shape index (κ3) is 4.29. The maximum Gasteiger partial charge on any atom is 0.244 e. The lowest BCUT2D eigenvalue weighted by Crippen LogP contribution is -2.14. The van der Waals surface area contributed by atoms with Crippen molar-refractivity contribution >= 4 is 21.4 Å². The van der Waals surface area contributed by atoms with Crippen LogP contribution in [0.2, 0.25) is 5.02 Å². The van der Waals surface area contributed by atoms with Crippen molar-refractivity contribution in [3.63, 3.8) is 0 Å². The Labute approximate surface area is 139 Å². The van der Waals surface area contributed by atoms with Gasteiger partial charge in [-0.05, 0) is 25.5 Å². The lowest BCUT2D eigenvalue weighted by Gasteiger charge is -2.10. The Bertz CT molecular complexity index is 757. The number of nitrogens with zero attached hydrogens (tertiary/aromatic N) is 2.